The van der Waals surface area contributed by atoms with Gasteiger partial charge in [0.05, 0.1) is 18.8 Å². The van der Waals surface area contributed by atoms with Crippen LogP contribution in [0.5, 0.6) is 0 Å². The third-order valence-corrected chi connectivity index (χ3v) is 3.41. The minimum atomic E-state index is -0.224. The SMILES string of the molecule is CCNC(=NCC(C)(C)OC)N(C)CC1CCOC1.I. The van der Waals surface area contributed by atoms with Crippen LogP contribution in [0.1, 0.15) is 27.2 Å². The number of hydrogen-bond donors (Lipinski definition) is 1. The summed E-state index contributed by atoms with van der Waals surface area (Å²) in [6, 6.07) is 0. The lowest BCUT2D eigenvalue weighted by atomic mass is 10.1. The second kappa shape index (κ2) is 9.78. The van der Waals surface area contributed by atoms with E-state index in [9.17, 15) is 0 Å². The van der Waals surface area contributed by atoms with E-state index in [-0.39, 0.29) is 29.6 Å². The number of nitrogens with zero attached hydrogens (tertiary/aromatic N) is 2. The molecule has 20 heavy (non-hydrogen) atoms. The summed E-state index contributed by atoms with van der Waals surface area (Å²) in [4.78, 5) is 6.85. The number of rotatable bonds is 6. The lowest BCUT2D eigenvalue weighted by Gasteiger charge is -2.26. The number of nitrogens with one attached hydrogen (secondary N) is 1. The van der Waals surface area contributed by atoms with Crippen molar-refractivity contribution in [1.29, 1.82) is 0 Å². The molecule has 1 aliphatic rings. The van der Waals surface area contributed by atoms with Crippen LogP contribution in [0.3, 0.4) is 0 Å². The van der Waals surface area contributed by atoms with Crippen molar-refractivity contribution in [3.05, 3.63) is 0 Å². The van der Waals surface area contributed by atoms with Gasteiger partial charge in [0, 0.05) is 39.8 Å². The summed E-state index contributed by atoms with van der Waals surface area (Å²) in [6.07, 6.45) is 1.15. The number of halogens is 1. The molecule has 1 aliphatic heterocycles. The fraction of sp³-hybridized carbons (Fsp3) is 0.929. The van der Waals surface area contributed by atoms with Crippen LogP contribution in [0.4, 0.5) is 0 Å². The molecule has 0 aliphatic carbocycles. The zero-order valence-electron chi connectivity index (χ0n) is 13.4. The Bertz CT molecular complexity index is 292. The molecule has 1 saturated heterocycles. The monoisotopic (exact) mass is 399 g/mol. The van der Waals surface area contributed by atoms with E-state index in [4.69, 9.17) is 9.47 Å². The normalized spacial score (nSPS) is 19.6. The predicted octanol–water partition coefficient (Wildman–Crippen LogP) is 1.96. The first-order valence-corrected chi connectivity index (χ1v) is 7.11. The van der Waals surface area contributed by atoms with Crippen molar-refractivity contribution in [3.63, 3.8) is 0 Å². The van der Waals surface area contributed by atoms with E-state index >= 15 is 0 Å². The standard InChI is InChI=1S/C14H29N3O2.HI/c1-6-15-13(16-11-14(2,3)18-5)17(4)9-12-7-8-19-10-12;/h12H,6-11H2,1-5H3,(H,15,16);1H. The molecular weight excluding hydrogens is 369 g/mol. The molecule has 0 aromatic rings. The van der Waals surface area contributed by atoms with Gasteiger partial charge in [-0.2, -0.15) is 0 Å². The van der Waals surface area contributed by atoms with Gasteiger partial charge in [0.25, 0.3) is 0 Å². The van der Waals surface area contributed by atoms with Crippen molar-refractivity contribution in [1.82, 2.24) is 10.2 Å². The summed E-state index contributed by atoms with van der Waals surface area (Å²) < 4.78 is 10.8. The average Bonchev–Trinajstić information content (AvgIpc) is 2.87. The minimum absolute atomic E-state index is 0. The van der Waals surface area contributed by atoms with Gasteiger partial charge in [-0.15, -0.1) is 24.0 Å². The topological polar surface area (TPSA) is 46.1 Å². The van der Waals surface area contributed by atoms with Gasteiger partial charge >= 0.3 is 0 Å². The summed E-state index contributed by atoms with van der Waals surface area (Å²) in [6.45, 7) is 10.4. The lowest BCUT2D eigenvalue weighted by Crippen LogP contribution is -2.42. The molecule has 0 aromatic carbocycles. The van der Waals surface area contributed by atoms with E-state index in [2.05, 4.69) is 29.2 Å². The first kappa shape index (κ1) is 19.9. The molecule has 1 rings (SSSR count). The van der Waals surface area contributed by atoms with Crippen LogP contribution in [-0.4, -0.2) is 63.5 Å². The van der Waals surface area contributed by atoms with Gasteiger partial charge in [0.15, 0.2) is 5.96 Å². The third kappa shape index (κ3) is 7.08. The highest BCUT2D eigenvalue weighted by Gasteiger charge is 2.20. The van der Waals surface area contributed by atoms with Gasteiger partial charge in [0.2, 0.25) is 0 Å². The Morgan fingerprint density at radius 3 is 2.70 bits per heavy atom. The van der Waals surface area contributed by atoms with Gasteiger partial charge in [-0.25, -0.2) is 0 Å². The first-order chi connectivity index (χ1) is 8.98. The highest BCUT2D eigenvalue weighted by Crippen LogP contribution is 2.13. The van der Waals surface area contributed by atoms with Crippen molar-refractivity contribution >= 4 is 29.9 Å². The molecular formula is C14H30IN3O2. The van der Waals surface area contributed by atoms with Crippen LogP contribution in [0.15, 0.2) is 4.99 Å². The largest absolute Gasteiger partial charge is 0.381 e. The van der Waals surface area contributed by atoms with E-state index in [0.717, 1.165) is 38.7 Å². The fourth-order valence-electron chi connectivity index (χ4n) is 2.00. The Morgan fingerprint density at radius 2 is 2.20 bits per heavy atom. The van der Waals surface area contributed by atoms with Crippen LogP contribution in [0.25, 0.3) is 0 Å². The van der Waals surface area contributed by atoms with E-state index in [0.29, 0.717) is 12.5 Å². The van der Waals surface area contributed by atoms with E-state index < -0.39 is 0 Å². The Kier molecular flexibility index (Phi) is 9.74. The molecule has 120 valence electrons. The number of aliphatic imine (C=N–C) groups is 1. The summed E-state index contributed by atoms with van der Waals surface area (Å²) >= 11 is 0. The molecule has 0 saturated carbocycles. The van der Waals surface area contributed by atoms with Crippen LogP contribution in [-0.2, 0) is 9.47 Å². The maximum atomic E-state index is 5.42. The van der Waals surface area contributed by atoms with Crippen molar-refractivity contribution in [2.75, 3.05) is 47.0 Å². The summed E-state index contributed by atoms with van der Waals surface area (Å²) in [5.41, 5.74) is -0.224. The number of guanidine groups is 1. The number of hydrogen-bond acceptors (Lipinski definition) is 3. The van der Waals surface area contributed by atoms with Crippen LogP contribution in [0, 0.1) is 5.92 Å². The molecule has 0 spiro atoms. The molecule has 1 atom stereocenters. The van der Waals surface area contributed by atoms with Crippen molar-refractivity contribution < 1.29 is 9.47 Å². The maximum absolute atomic E-state index is 5.42. The quantitative estimate of drug-likeness (QED) is 0.422. The van der Waals surface area contributed by atoms with E-state index in [1.807, 2.05) is 13.8 Å². The summed E-state index contributed by atoms with van der Waals surface area (Å²) in [5, 5.41) is 3.33. The molecule has 1 N–H and O–H groups in total. The third-order valence-electron chi connectivity index (χ3n) is 3.41. The molecule has 6 heteroatoms. The summed E-state index contributed by atoms with van der Waals surface area (Å²) in [5.74, 6) is 1.56. The van der Waals surface area contributed by atoms with Crippen LogP contribution >= 0.6 is 24.0 Å². The zero-order chi connectivity index (χ0) is 14.3. The highest BCUT2D eigenvalue weighted by molar-refractivity contribution is 14.0. The Hall–Kier alpha value is -0.0800. The molecule has 1 unspecified atom stereocenters. The number of methoxy groups -OCH3 is 1. The summed E-state index contributed by atoms with van der Waals surface area (Å²) in [7, 11) is 3.81. The number of ether oxygens (including phenoxy) is 2. The predicted molar refractivity (Wildman–Crippen MR) is 94.0 cm³/mol. The molecule has 0 radical (unpaired) electrons. The van der Waals surface area contributed by atoms with E-state index in [1.165, 1.54) is 0 Å². The molecule has 1 fully saturated rings. The smallest absolute Gasteiger partial charge is 0.193 e. The zero-order valence-corrected chi connectivity index (χ0v) is 15.8. The van der Waals surface area contributed by atoms with Gasteiger partial charge in [0.1, 0.15) is 0 Å². The van der Waals surface area contributed by atoms with Gasteiger partial charge in [-0.3, -0.25) is 4.99 Å². The van der Waals surface area contributed by atoms with Crippen molar-refractivity contribution in [2.24, 2.45) is 10.9 Å². The average molecular weight is 399 g/mol. The molecule has 0 bridgehead atoms. The van der Waals surface area contributed by atoms with Gasteiger partial charge < -0.3 is 19.7 Å². The fourth-order valence-corrected chi connectivity index (χ4v) is 2.00. The Balaban J connectivity index is 0.00000361. The van der Waals surface area contributed by atoms with Gasteiger partial charge in [-0.05, 0) is 27.2 Å². The minimum Gasteiger partial charge on any atom is -0.381 e. The Morgan fingerprint density at radius 1 is 1.50 bits per heavy atom. The highest BCUT2D eigenvalue weighted by atomic mass is 127. The molecule has 5 nitrogen and oxygen atoms in total. The molecule has 1 heterocycles. The van der Waals surface area contributed by atoms with Crippen LogP contribution in [0.2, 0.25) is 0 Å². The lowest BCUT2D eigenvalue weighted by molar-refractivity contribution is 0.0309. The molecule has 0 amide bonds. The Labute approximate surface area is 140 Å². The van der Waals surface area contributed by atoms with Crippen molar-refractivity contribution in [3.8, 4) is 0 Å². The second-order valence-electron chi connectivity index (χ2n) is 5.74. The molecule has 0 aromatic heterocycles. The first-order valence-electron chi connectivity index (χ1n) is 7.11. The maximum Gasteiger partial charge on any atom is 0.193 e. The van der Waals surface area contributed by atoms with E-state index in [1.54, 1.807) is 7.11 Å². The van der Waals surface area contributed by atoms with Gasteiger partial charge in [-0.1, -0.05) is 0 Å². The van der Waals surface area contributed by atoms with Crippen molar-refractivity contribution in [2.45, 2.75) is 32.8 Å². The second-order valence-corrected chi connectivity index (χ2v) is 5.74. The van der Waals surface area contributed by atoms with Crippen LogP contribution < -0.4 is 5.32 Å².